The molecule has 1 heterocycles. The van der Waals surface area contributed by atoms with Crippen molar-refractivity contribution in [2.75, 3.05) is 10.6 Å². The van der Waals surface area contributed by atoms with Crippen LogP contribution in [0.5, 0.6) is 0 Å². The number of fused-ring (bicyclic) bond motifs is 4. The first kappa shape index (κ1) is 15.0. The fourth-order valence-electron chi connectivity index (χ4n) is 3.86. The maximum Gasteiger partial charge on any atom is 0.247 e. The molecule has 1 aliphatic heterocycles. The van der Waals surface area contributed by atoms with Crippen LogP contribution in [0.25, 0.3) is 21.5 Å². The minimum Gasteiger partial charge on any atom is -0.372 e. The zero-order valence-corrected chi connectivity index (χ0v) is 14.2. The molecule has 26 heavy (non-hydrogen) atoms. The second-order valence-corrected chi connectivity index (χ2v) is 6.74. The van der Waals surface area contributed by atoms with E-state index in [4.69, 9.17) is 0 Å². The van der Waals surface area contributed by atoms with Crippen LogP contribution in [-0.2, 0) is 11.2 Å². The average molecular weight is 338 g/mol. The van der Waals surface area contributed by atoms with Gasteiger partial charge < -0.3 is 10.6 Å². The zero-order chi connectivity index (χ0) is 17.5. The Balaban J connectivity index is 1.60. The third kappa shape index (κ3) is 2.40. The molecule has 1 atom stereocenters. The number of anilines is 2. The van der Waals surface area contributed by atoms with Gasteiger partial charge in [0.25, 0.3) is 0 Å². The number of carbonyl (C=O) groups excluding carboxylic acids is 1. The molecule has 0 saturated carbocycles. The fourth-order valence-corrected chi connectivity index (χ4v) is 3.86. The van der Waals surface area contributed by atoms with Crippen LogP contribution in [0.15, 0.2) is 78.9 Å². The first-order valence-electron chi connectivity index (χ1n) is 8.85. The number of hydrogen-bond acceptors (Lipinski definition) is 2. The van der Waals surface area contributed by atoms with Crippen LogP contribution < -0.4 is 10.6 Å². The molecule has 0 radical (unpaired) electrons. The normalized spacial score (nSPS) is 16.2. The summed E-state index contributed by atoms with van der Waals surface area (Å²) < 4.78 is 0. The standard InChI is InChI=1S/C23H18N2O/c26-23-22(24-20-11-5-6-12-21(20)25-23)14-16-13-15-7-1-2-8-17(15)19-10-4-3-9-18(16)19/h1-13,22,24H,14H2,(H,25,26)/t22-/m0/s1. The highest BCUT2D eigenvalue weighted by atomic mass is 16.2. The van der Waals surface area contributed by atoms with Gasteiger partial charge in [-0.1, -0.05) is 66.7 Å². The van der Waals surface area contributed by atoms with Gasteiger partial charge in [0.15, 0.2) is 0 Å². The van der Waals surface area contributed by atoms with Gasteiger partial charge in [-0.3, -0.25) is 4.79 Å². The Labute approximate surface area is 151 Å². The number of hydrogen-bond donors (Lipinski definition) is 2. The molecule has 3 heteroatoms. The Morgan fingerprint density at radius 2 is 1.38 bits per heavy atom. The van der Waals surface area contributed by atoms with Gasteiger partial charge in [0.1, 0.15) is 6.04 Å². The first-order valence-corrected chi connectivity index (χ1v) is 8.85. The van der Waals surface area contributed by atoms with E-state index in [1.54, 1.807) is 0 Å². The van der Waals surface area contributed by atoms with E-state index in [1.807, 2.05) is 24.3 Å². The van der Waals surface area contributed by atoms with Gasteiger partial charge in [0, 0.05) is 6.42 Å². The number of para-hydroxylation sites is 2. The maximum atomic E-state index is 12.6. The second-order valence-electron chi connectivity index (χ2n) is 6.74. The topological polar surface area (TPSA) is 41.1 Å². The quantitative estimate of drug-likeness (QED) is 0.507. The highest BCUT2D eigenvalue weighted by Crippen LogP contribution is 2.31. The number of amides is 1. The minimum absolute atomic E-state index is 0.0148. The first-order chi connectivity index (χ1) is 12.8. The van der Waals surface area contributed by atoms with E-state index < -0.39 is 0 Å². The third-order valence-corrected chi connectivity index (χ3v) is 5.11. The van der Waals surface area contributed by atoms with Gasteiger partial charge in [0.2, 0.25) is 5.91 Å². The van der Waals surface area contributed by atoms with Gasteiger partial charge in [0.05, 0.1) is 11.4 Å². The van der Waals surface area contributed by atoms with Crippen molar-refractivity contribution in [1.29, 1.82) is 0 Å². The van der Waals surface area contributed by atoms with E-state index >= 15 is 0 Å². The van der Waals surface area contributed by atoms with Crippen LogP contribution in [0.3, 0.4) is 0 Å². The Morgan fingerprint density at radius 3 is 2.23 bits per heavy atom. The number of carbonyl (C=O) groups is 1. The van der Waals surface area contributed by atoms with E-state index in [2.05, 4.69) is 65.2 Å². The number of benzene rings is 4. The summed E-state index contributed by atoms with van der Waals surface area (Å²) in [6, 6.07) is 26.6. The Bertz CT molecular complexity index is 1150. The average Bonchev–Trinajstić information content (AvgIpc) is 2.69. The molecule has 0 saturated heterocycles. The molecular formula is C23H18N2O. The van der Waals surface area contributed by atoms with E-state index in [1.165, 1.54) is 27.1 Å². The SMILES string of the molecule is O=C1Nc2ccccc2N[C@H]1Cc1cc2ccccc2c2ccccc12. The zero-order valence-electron chi connectivity index (χ0n) is 14.2. The predicted molar refractivity (Wildman–Crippen MR) is 108 cm³/mol. The van der Waals surface area contributed by atoms with Gasteiger partial charge >= 0.3 is 0 Å². The molecule has 3 nitrogen and oxygen atoms in total. The molecule has 2 N–H and O–H groups in total. The molecule has 4 aromatic carbocycles. The number of rotatable bonds is 2. The molecular weight excluding hydrogens is 320 g/mol. The van der Waals surface area contributed by atoms with Gasteiger partial charge in [-0.25, -0.2) is 0 Å². The highest BCUT2D eigenvalue weighted by Gasteiger charge is 2.26. The van der Waals surface area contributed by atoms with Gasteiger partial charge in [-0.2, -0.15) is 0 Å². The smallest absolute Gasteiger partial charge is 0.247 e. The van der Waals surface area contributed by atoms with E-state index in [0.717, 1.165) is 11.4 Å². The molecule has 1 aliphatic rings. The van der Waals surface area contributed by atoms with Crippen LogP contribution in [0.1, 0.15) is 5.56 Å². The van der Waals surface area contributed by atoms with Crippen LogP contribution in [0.4, 0.5) is 11.4 Å². The monoisotopic (exact) mass is 338 g/mol. The van der Waals surface area contributed by atoms with Crippen LogP contribution in [0, 0.1) is 0 Å². The Hall–Kier alpha value is -3.33. The van der Waals surface area contributed by atoms with Crippen LogP contribution in [-0.4, -0.2) is 11.9 Å². The lowest BCUT2D eigenvalue weighted by atomic mass is 9.93. The van der Waals surface area contributed by atoms with Crippen molar-refractivity contribution in [3.8, 4) is 0 Å². The van der Waals surface area contributed by atoms with E-state index in [-0.39, 0.29) is 11.9 Å². The molecule has 0 aromatic heterocycles. The molecule has 0 unspecified atom stereocenters. The van der Waals surface area contributed by atoms with Crippen LogP contribution >= 0.6 is 0 Å². The molecule has 0 bridgehead atoms. The summed E-state index contributed by atoms with van der Waals surface area (Å²) in [6.45, 7) is 0. The van der Waals surface area contributed by atoms with Crippen molar-refractivity contribution in [1.82, 2.24) is 0 Å². The van der Waals surface area contributed by atoms with Gasteiger partial charge in [-0.05, 0) is 39.2 Å². The summed E-state index contributed by atoms with van der Waals surface area (Å²) in [5.41, 5.74) is 3.01. The summed E-state index contributed by atoms with van der Waals surface area (Å²) in [7, 11) is 0. The van der Waals surface area contributed by atoms with Crippen LogP contribution in [0.2, 0.25) is 0 Å². The Kier molecular flexibility index (Phi) is 3.39. The molecule has 5 rings (SSSR count). The van der Waals surface area contributed by atoms with E-state index in [0.29, 0.717) is 6.42 Å². The van der Waals surface area contributed by atoms with Crippen molar-refractivity contribution in [2.24, 2.45) is 0 Å². The largest absolute Gasteiger partial charge is 0.372 e. The highest BCUT2D eigenvalue weighted by molar-refractivity contribution is 6.09. The number of nitrogens with one attached hydrogen (secondary N) is 2. The fraction of sp³-hybridized carbons (Fsp3) is 0.0870. The van der Waals surface area contributed by atoms with Crippen molar-refractivity contribution in [3.05, 3.63) is 84.4 Å². The molecule has 0 fully saturated rings. The maximum absolute atomic E-state index is 12.6. The van der Waals surface area contributed by atoms with Crippen molar-refractivity contribution >= 4 is 38.8 Å². The molecule has 126 valence electrons. The summed E-state index contributed by atoms with van der Waals surface area (Å²) >= 11 is 0. The molecule has 0 aliphatic carbocycles. The summed E-state index contributed by atoms with van der Waals surface area (Å²) in [4.78, 5) is 12.6. The summed E-state index contributed by atoms with van der Waals surface area (Å²) in [5, 5.41) is 11.3. The molecule has 4 aromatic rings. The molecule has 0 spiro atoms. The lowest BCUT2D eigenvalue weighted by Gasteiger charge is -2.27. The summed E-state index contributed by atoms with van der Waals surface area (Å²) in [6.07, 6.45) is 0.644. The van der Waals surface area contributed by atoms with Gasteiger partial charge in [-0.15, -0.1) is 0 Å². The predicted octanol–water partition coefficient (Wildman–Crippen LogP) is 4.97. The summed E-state index contributed by atoms with van der Waals surface area (Å²) in [5.74, 6) is 0.0148. The molecule has 1 amide bonds. The lowest BCUT2D eigenvalue weighted by molar-refractivity contribution is -0.117. The minimum atomic E-state index is -0.283. The van der Waals surface area contributed by atoms with Crippen molar-refractivity contribution in [2.45, 2.75) is 12.5 Å². The van der Waals surface area contributed by atoms with Crippen molar-refractivity contribution in [3.63, 3.8) is 0 Å². The lowest BCUT2D eigenvalue weighted by Crippen LogP contribution is -2.40. The second kappa shape index (κ2) is 5.88. The van der Waals surface area contributed by atoms with E-state index in [9.17, 15) is 4.79 Å². The Morgan fingerprint density at radius 1 is 0.731 bits per heavy atom. The van der Waals surface area contributed by atoms with Crippen molar-refractivity contribution < 1.29 is 4.79 Å². The third-order valence-electron chi connectivity index (χ3n) is 5.11.